The van der Waals surface area contributed by atoms with Crippen LogP contribution in [0, 0.1) is 0 Å². The summed E-state index contributed by atoms with van der Waals surface area (Å²) in [6, 6.07) is 0. The lowest BCUT2D eigenvalue weighted by Crippen LogP contribution is -2.47. The Morgan fingerprint density at radius 3 is 2.00 bits per heavy atom. The fraction of sp³-hybridized carbons (Fsp3) is 0.333. The number of nitrogens with two attached hydrogens (primary N) is 2. The van der Waals surface area contributed by atoms with Crippen LogP contribution >= 0.6 is 0 Å². The molecule has 11 heavy (non-hydrogen) atoms. The van der Waals surface area contributed by atoms with E-state index >= 15 is 0 Å². The van der Waals surface area contributed by atoms with Crippen LogP contribution in [0.15, 0.2) is 36.5 Å². The van der Waals surface area contributed by atoms with Crippen molar-refractivity contribution >= 4 is 0 Å². The Morgan fingerprint density at radius 2 is 1.73 bits per heavy atom. The van der Waals surface area contributed by atoms with Gasteiger partial charge in [-0.1, -0.05) is 30.9 Å². The second-order valence-electron chi connectivity index (χ2n) is 2.99. The Hall–Kier alpha value is -0.860. The first-order valence-electron chi connectivity index (χ1n) is 3.45. The second kappa shape index (κ2) is 3.51. The fourth-order valence-corrected chi connectivity index (χ4v) is 0.422. The van der Waals surface area contributed by atoms with Gasteiger partial charge in [0.25, 0.3) is 0 Å². The molecular weight excluding hydrogens is 136 g/mol. The molecule has 0 radical (unpaired) electrons. The average Bonchev–Trinajstić information content (AvgIpc) is 1.80. The zero-order chi connectivity index (χ0) is 9.07. The largest absolute Gasteiger partial charge is 0.310 e. The lowest BCUT2D eigenvalue weighted by Gasteiger charge is -2.18. The molecule has 0 aliphatic carbocycles. The molecule has 0 aromatic carbocycles. The maximum atomic E-state index is 5.56. The van der Waals surface area contributed by atoms with Crippen molar-refractivity contribution in [2.75, 3.05) is 0 Å². The second-order valence-corrected chi connectivity index (χ2v) is 2.99. The molecule has 0 atom stereocenters. The zero-order valence-electron chi connectivity index (χ0n) is 7.22. The minimum Gasteiger partial charge on any atom is -0.310 e. The maximum Gasteiger partial charge on any atom is 0.0864 e. The third-order valence-electron chi connectivity index (χ3n) is 1.26. The molecule has 2 nitrogen and oxygen atoms in total. The number of hydrogen-bond donors (Lipinski definition) is 2. The van der Waals surface area contributed by atoms with Gasteiger partial charge >= 0.3 is 0 Å². The molecule has 0 fully saturated rings. The quantitative estimate of drug-likeness (QED) is 0.473. The predicted molar refractivity (Wildman–Crippen MR) is 49.9 cm³/mol. The molecule has 0 heterocycles. The summed E-state index contributed by atoms with van der Waals surface area (Å²) < 4.78 is 0. The third-order valence-corrected chi connectivity index (χ3v) is 1.26. The van der Waals surface area contributed by atoms with Crippen molar-refractivity contribution < 1.29 is 0 Å². The van der Waals surface area contributed by atoms with Gasteiger partial charge in [-0.15, -0.1) is 0 Å². The average molecular weight is 152 g/mol. The van der Waals surface area contributed by atoms with E-state index in [0.717, 1.165) is 5.57 Å². The molecule has 0 rings (SSSR count). The fourth-order valence-electron chi connectivity index (χ4n) is 0.422. The van der Waals surface area contributed by atoms with Crippen molar-refractivity contribution in [2.24, 2.45) is 11.5 Å². The van der Waals surface area contributed by atoms with Crippen molar-refractivity contribution in [1.29, 1.82) is 0 Å². The maximum absolute atomic E-state index is 5.56. The SMILES string of the molecule is C=C(C)/C=C\C(=C)C(C)(N)N. The summed E-state index contributed by atoms with van der Waals surface area (Å²) in [7, 11) is 0. The van der Waals surface area contributed by atoms with Crippen molar-refractivity contribution in [3.8, 4) is 0 Å². The van der Waals surface area contributed by atoms with Crippen LogP contribution < -0.4 is 11.5 Å². The van der Waals surface area contributed by atoms with E-state index in [2.05, 4.69) is 13.2 Å². The van der Waals surface area contributed by atoms with Crippen LogP contribution in [0.1, 0.15) is 13.8 Å². The van der Waals surface area contributed by atoms with Crippen molar-refractivity contribution in [2.45, 2.75) is 19.5 Å². The van der Waals surface area contributed by atoms with Gasteiger partial charge in [-0.2, -0.15) is 0 Å². The van der Waals surface area contributed by atoms with E-state index in [0.29, 0.717) is 5.57 Å². The zero-order valence-corrected chi connectivity index (χ0v) is 7.22. The first-order valence-corrected chi connectivity index (χ1v) is 3.45. The Morgan fingerprint density at radius 1 is 1.27 bits per heavy atom. The minimum absolute atomic E-state index is 0.695. The molecule has 0 aromatic heterocycles. The van der Waals surface area contributed by atoms with Gasteiger partial charge in [0.1, 0.15) is 0 Å². The first-order chi connectivity index (χ1) is 4.84. The third kappa shape index (κ3) is 4.53. The standard InChI is InChI=1S/C9H16N2/c1-7(2)5-6-8(3)9(4,10)11/h5-6H,1,3,10-11H2,2,4H3/b6-5-. The molecular formula is C9H16N2. The Kier molecular flexibility index (Phi) is 3.23. The van der Waals surface area contributed by atoms with Crippen LogP contribution in [0.4, 0.5) is 0 Å². The van der Waals surface area contributed by atoms with Gasteiger partial charge in [-0.25, -0.2) is 0 Å². The topological polar surface area (TPSA) is 52.0 Å². The van der Waals surface area contributed by atoms with Gasteiger partial charge < -0.3 is 11.5 Å². The molecule has 62 valence electrons. The molecule has 0 aliphatic rings. The highest BCUT2D eigenvalue weighted by atomic mass is 14.9. The van der Waals surface area contributed by atoms with Crippen molar-refractivity contribution in [1.82, 2.24) is 0 Å². The van der Waals surface area contributed by atoms with Crippen LogP contribution in [0.3, 0.4) is 0 Å². The van der Waals surface area contributed by atoms with E-state index in [9.17, 15) is 0 Å². The van der Waals surface area contributed by atoms with Gasteiger partial charge in [0.15, 0.2) is 0 Å². The van der Waals surface area contributed by atoms with Gasteiger partial charge in [0.05, 0.1) is 5.66 Å². The summed E-state index contributed by atoms with van der Waals surface area (Å²) >= 11 is 0. The Balaban J connectivity index is 4.20. The normalized spacial score (nSPS) is 12.0. The summed E-state index contributed by atoms with van der Waals surface area (Å²) in [6.07, 6.45) is 3.61. The van der Waals surface area contributed by atoms with E-state index in [1.807, 2.05) is 13.0 Å². The summed E-state index contributed by atoms with van der Waals surface area (Å²) in [4.78, 5) is 0. The highest BCUT2D eigenvalue weighted by Gasteiger charge is 2.12. The van der Waals surface area contributed by atoms with Crippen LogP contribution in [0.2, 0.25) is 0 Å². The highest BCUT2D eigenvalue weighted by Crippen LogP contribution is 2.06. The Bertz CT molecular complexity index is 194. The Labute approximate surface area is 68.3 Å². The predicted octanol–water partition coefficient (Wildman–Crippen LogP) is 1.31. The summed E-state index contributed by atoms with van der Waals surface area (Å²) in [6.45, 7) is 11.0. The molecule has 0 aliphatic heterocycles. The molecule has 0 saturated carbocycles. The number of rotatable bonds is 3. The molecule has 0 aromatic rings. The van der Waals surface area contributed by atoms with E-state index in [1.54, 1.807) is 13.0 Å². The van der Waals surface area contributed by atoms with Gasteiger partial charge in [0, 0.05) is 0 Å². The van der Waals surface area contributed by atoms with E-state index < -0.39 is 5.66 Å². The number of hydrogen-bond acceptors (Lipinski definition) is 2. The van der Waals surface area contributed by atoms with Gasteiger partial charge in [0.2, 0.25) is 0 Å². The van der Waals surface area contributed by atoms with Crippen molar-refractivity contribution in [3.63, 3.8) is 0 Å². The van der Waals surface area contributed by atoms with Gasteiger partial charge in [-0.3, -0.25) is 0 Å². The molecule has 0 amide bonds. The van der Waals surface area contributed by atoms with E-state index in [4.69, 9.17) is 11.5 Å². The molecule has 0 spiro atoms. The molecule has 0 unspecified atom stereocenters. The van der Waals surface area contributed by atoms with E-state index in [-0.39, 0.29) is 0 Å². The lowest BCUT2D eigenvalue weighted by atomic mass is 10.0. The monoisotopic (exact) mass is 152 g/mol. The van der Waals surface area contributed by atoms with E-state index in [1.165, 1.54) is 0 Å². The van der Waals surface area contributed by atoms with Crippen LogP contribution in [0.25, 0.3) is 0 Å². The minimum atomic E-state index is -0.827. The first kappa shape index (κ1) is 10.1. The summed E-state index contributed by atoms with van der Waals surface area (Å²) in [5.74, 6) is 0. The smallest absolute Gasteiger partial charge is 0.0864 e. The highest BCUT2D eigenvalue weighted by molar-refractivity contribution is 5.29. The molecule has 4 N–H and O–H groups in total. The van der Waals surface area contributed by atoms with Crippen LogP contribution in [-0.2, 0) is 0 Å². The summed E-state index contributed by atoms with van der Waals surface area (Å²) in [5.41, 5.74) is 11.9. The van der Waals surface area contributed by atoms with Gasteiger partial charge in [-0.05, 0) is 19.4 Å². The molecule has 0 saturated heterocycles. The molecule has 0 bridgehead atoms. The van der Waals surface area contributed by atoms with Crippen LogP contribution in [0.5, 0.6) is 0 Å². The van der Waals surface area contributed by atoms with Crippen molar-refractivity contribution in [3.05, 3.63) is 36.5 Å². The molecule has 2 heteroatoms. The number of allylic oxidation sites excluding steroid dienone is 2. The van der Waals surface area contributed by atoms with Crippen LogP contribution in [-0.4, -0.2) is 5.66 Å². The summed E-state index contributed by atoms with van der Waals surface area (Å²) in [5, 5.41) is 0. The lowest BCUT2D eigenvalue weighted by molar-refractivity contribution is 0.593.